The molecule has 122 valence electrons. The SMILES string of the molecule is CCn1cc(CN2CCCN(C(=O)C3(C)CNC3)CC2)cn1. The van der Waals surface area contributed by atoms with E-state index in [9.17, 15) is 4.79 Å². The van der Waals surface area contributed by atoms with Crippen LogP contribution in [0.15, 0.2) is 12.4 Å². The van der Waals surface area contributed by atoms with Crippen molar-refractivity contribution >= 4 is 5.91 Å². The Balaban J connectivity index is 1.54. The highest BCUT2D eigenvalue weighted by Gasteiger charge is 2.42. The van der Waals surface area contributed by atoms with Crippen molar-refractivity contribution in [3.8, 4) is 0 Å². The second kappa shape index (κ2) is 6.38. The van der Waals surface area contributed by atoms with E-state index >= 15 is 0 Å². The fraction of sp³-hybridized carbons (Fsp3) is 0.750. The summed E-state index contributed by atoms with van der Waals surface area (Å²) in [7, 11) is 0. The Bertz CT molecular complexity index is 522. The molecule has 1 amide bonds. The lowest BCUT2D eigenvalue weighted by Gasteiger charge is -2.41. The summed E-state index contributed by atoms with van der Waals surface area (Å²) in [5.74, 6) is 0.326. The van der Waals surface area contributed by atoms with Crippen LogP contribution in [0.1, 0.15) is 25.8 Å². The molecule has 1 aromatic rings. The number of hydrogen-bond acceptors (Lipinski definition) is 4. The van der Waals surface area contributed by atoms with Gasteiger partial charge < -0.3 is 10.2 Å². The van der Waals surface area contributed by atoms with Gasteiger partial charge in [-0.2, -0.15) is 5.10 Å². The first-order valence-electron chi connectivity index (χ1n) is 8.34. The van der Waals surface area contributed by atoms with Gasteiger partial charge in [0.15, 0.2) is 0 Å². The quantitative estimate of drug-likeness (QED) is 0.882. The molecule has 6 heteroatoms. The van der Waals surface area contributed by atoms with Gasteiger partial charge in [0.05, 0.1) is 11.6 Å². The van der Waals surface area contributed by atoms with Crippen molar-refractivity contribution in [1.29, 1.82) is 0 Å². The standard InChI is InChI=1S/C16H27N5O/c1-3-21-11-14(9-18-21)10-19-5-4-6-20(8-7-19)15(22)16(2)12-17-13-16/h9,11,17H,3-8,10,12-13H2,1-2H3. The second-order valence-corrected chi connectivity index (χ2v) is 6.79. The van der Waals surface area contributed by atoms with Gasteiger partial charge in [-0.25, -0.2) is 0 Å². The molecule has 2 aliphatic heterocycles. The van der Waals surface area contributed by atoms with E-state index in [1.165, 1.54) is 5.56 Å². The summed E-state index contributed by atoms with van der Waals surface area (Å²) in [4.78, 5) is 17.1. The van der Waals surface area contributed by atoms with Gasteiger partial charge in [-0.05, 0) is 20.3 Å². The van der Waals surface area contributed by atoms with Crippen LogP contribution < -0.4 is 5.32 Å². The predicted octanol–water partition coefficient (Wildman–Crippen LogP) is 0.547. The van der Waals surface area contributed by atoms with Crippen LogP contribution in [0.25, 0.3) is 0 Å². The third-order valence-corrected chi connectivity index (χ3v) is 4.84. The highest BCUT2D eigenvalue weighted by atomic mass is 16.2. The monoisotopic (exact) mass is 305 g/mol. The van der Waals surface area contributed by atoms with E-state index in [2.05, 4.69) is 40.3 Å². The number of nitrogens with one attached hydrogen (secondary N) is 1. The summed E-state index contributed by atoms with van der Waals surface area (Å²) < 4.78 is 1.97. The van der Waals surface area contributed by atoms with E-state index < -0.39 is 0 Å². The molecular weight excluding hydrogens is 278 g/mol. The van der Waals surface area contributed by atoms with E-state index in [1.54, 1.807) is 0 Å². The topological polar surface area (TPSA) is 53.4 Å². The molecule has 0 unspecified atom stereocenters. The second-order valence-electron chi connectivity index (χ2n) is 6.79. The predicted molar refractivity (Wildman–Crippen MR) is 85.4 cm³/mol. The van der Waals surface area contributed by atoms with Crippen molar-refractivity contribution in [2.45, 2.75) is 33.4 Å². The van der Waals surface area contributed by atoms with Gasteiger partial charge in [0, 0.05) is 64.1 Å². The van der Waals surface area contributed by atoms with E-state index in [0.717, 1.165) is 58.8 Å². The molecule has 0 radical (unpaired) electrons. The summed E-state index contributed by atoms with van der Waals surface area (Å²) in [5.41, 5.74) is 1.09. The molecule has 6 nitrogen and oxygen atoms in total. The molecule has 1 N–H and O–H groups in total. The molecule has 0 spiro atoms. The lowest BCUT2D eigenvalue weighted by Crippen LogP contribution is -2.60. The summed E-state index contributed by atoms with van der Waals surface area (Å²) in [5, 5.41) is 7.56. The molecule has 3 heterocycles. The van der Waals surface area contributed by atoms with Crippen LogP contribution in [-0.4, -0.2) is 64.8 Å². The highest BCUT2D eigenvalue weighted by molar-refractivity contribution is 5.84. The van der Waals surface area contributed by atoms with Crippen LogP contribution in [0.4, 0.5) is 0 Å². The van der Waals surface area contributed by atoms with Gasteiger partial charge in [-0.3, -0.25) is 14.4 Å². The Kier molecular flexibility index (Phi) is 4.49. The summed E-state index contributed by atoms with van der Waals surface area (Å²) >= 11 is 0. The Morgan fingerprint density at radius 2 is 2.14 bits per heavy atom. The van der Waals surface area contributed by atoms with E-state index in [4.69, 9.17) is 0 Å². The zero-order valence-corrected chi connectivity index (χ0v) is 13.7. The third-order valence-electron chi connectivity index (χ3n) is 4.84. The maximum absolute atomic E-state index is 12.6. The zero-order chi connectivity index (χ0) is 15.6. The number of nitrogens with zero attached hydrogens (tertiary/aromatic N) is 4. The average molecular weight is 305 g/mol. The van der Waals surface area contributed by atoms with Crippen molar-refractivity contribution < 1.29 is 4.79 Å². The smallest absolute Gasteiger partial charge is 0.231 e. The van der Waals surface area contributed by atoms with Crippen molar-refractivity contribution in [1.82, 2.24) is 24.9 Å². The number of carbonyl (C=O) groups excluding carboxylic acids is 1. The molecule has 3 rings (SSSR count). The molecule has 2 aliphatic rings. The van der Waals surface area contributed by atoms with Gasteiger partial charge in [0.1, 0.15) is 0 Å². The third kappa shape index (κ3) is 3.17. The number of rotatable bonds is 4. The Hall–Kier alpha value is -1.40. The Morgan fingerprint density at radius 1 is 1.32 bits per heavy atom. The minimum absolute atomic E-state index is 0.169. The maximum atomic E-state index is 12.6. The molecule has 2 saturated heterocycles. The molecule has 2 fully saturated rings. The fourth-order valence-electron chi connectivity index (χ4n) is 3.28. The highest BCUT2D eigenvalue weighted by Crippen LogP contribution is 2.25. The summed E-state index contributed by atoms with van der Waals surface area (Å²) in [6.07, 6.45) is 5.13. The van der Waals surface area contributed by atoms with Crippen molar-refractivity contribution in [2.75, 3.05) is 39.3 Å². The molecule has 0 saturated carbocycles. The summed E-state index contributed by atoms with van der Waals surface area (Å²) in [6.45, 7) is 11.4. The first-order chi connectivity index (χ1) is 10.6. The van der Waals surface area contributed by atoms with Crippen molar-refractivity contribution in [2.24, 2.45) is 5.41 Å². The Morgan fingerprint density at radius 3 is 2.77 bits per heavy atom. The van der Waals surface area contributed by atoms with Crippen LogP contribution in [-0.2, 0) is 17.9 Å². The van der Waals surface area contributed by atoms with E-state index in [-0.39, 0.29) is 5.41 Å². The summed E-state index contributed by atoms with van der Waals surface area (Å²) in [6, 6.07) is 0. The number of aromatic nitrogens is 2. The van der Waals surface area contributed by atoms with E-state index in [1.807, 2.05) is 10.9 Å². The van der Waals surface area contributed by atoms with Crippen LogP contribution in [0.3, 0.4) is 0 Å². The van der Waals surface area contributed by atoms with Gasteiger partial charge in [-0.15, -0.1) is 0 Å². The van der Waals surface area contributed by atoms with Crippen LogP contribution in [0.2, 0.25) is 0 Å². The number of amides is 1. The minimum atomic E-state index is -0.169. The molecule has 0 bridgehead atoms. The number of hydrogen-bond donors (Lipinski definition) is 1. The van der Waals surface area contributed by atoms with Gasteiger partial charge >= 0.3 is 0 Å². The van der Waals surface area contributed by atoms with Crippen LogP contribution in [0, 0.1) is 5.41 Å². The normalized spacial score (nSPS) is 22.2. The largest absolute Gasteiger partial charge is 0.341 e. The number of carbonyl (C=O) groups is 1. The van der Waals surface area contributed by atoms with Crippen LogP contribution >= 0.6 is 0 Å². The van der Waals surface area contributed by atoms with Gasteiger partial charge in [-0.1, -0.05) is 0 Å². The fourth-order valence-corrected chi connectivity index (χ4v) is 3.28. The number of aryl methyl sites for hydroxylation is 1. The van der Waals surface area contributed by atoms with Gasteiger partial charge in [0.2, 0.25) is 5.91 Å². The molecular formula is C16H27N5O. The zero-order valence-electron chi connectivity index (χ0n) is 13.7. The average Bonchev–Trinajstić information content (AvgIpc) is 2.81. The first-order valence-corrected chi connectivity index (χ1v) is 8.34. The molecule has 1 aromatic heterocycles. The molecule has 0 aromatic carbocycles. The first kappa shape index (κ1) is 15.5. The molecule has 0 aliphatic carbocycles. The maximum Gasteiger partial charge on any atom is 0.231 e. The lowest BCUT2D eigenvalue weighted by molar-refractivity contribution is -0.143. The lowest BCUT2D eigenvalue weighted by atomic mass is 9.82. The van der Waals surface area contributed by atoms with Crippen molar-refractivity contribution in [3.63, 3.8) is 0 Å². The van der Waals surface area contributed by atoms with Crippen molar-refractivity contribution in [3.05, 3.63) is 18.0 Å². The molecule has 0 atom stereocenters. The Labute approximate surface area is 132 Å². The van der Waals surface area contributed by atoms with Crippen LogP contribution in [0.5, 0.6) is 0 Å². The minimum Gasteiger partial charge on any atom is -0.341 e. The molecule has 22 heavy (non-hydrogen) atoms. The van der Waals surface area contributed by atoms with E-state index in [0.29, 0.717) is 5.91 Å². The van der Waals surface area contributed by atoms with Gasteiger partial charge in [0.25, 0.3) is 0 Å².